The molecule has 1 atom stereocenters. The number of halogens is 1. The van der Waals surface area contributed by atoms with Gasteiger partial charge in [0.25, 0.3) is 0 Å². The predicted molar refractivity (Wildman–Crippen MR) is 87.9 cm³/mol. The molecule has 1 unspecified atom stereocenters. The zero-order valence-corrected chi connectivity index (χ0v) is 14.1. The fourth-order valence-electron chi connectivity index (χ4n) is 1.95. The number of benzene rings is 1. The molecule has 0 aliphatic carbocycles. The van der Waals surface area contributed by atoms with Gasteiger partial charge in [-0.25, -0.2) is 0 Å². The summed E-state index contributed by atoms with van der Waals surface area (Å²) in [5, 5.41) is 2.94. The Morgan fingerprint density at radius 1 is 1.40 bits per heavy atom. The zero-order chi connectivity index (χ0) is 15.0. The quantitative estimate of drug-likeness (QED) is 0.705. The van der Waals surface area contributed by atoms with E-state index in [1.165, 1.54) is 5.56 Å². The molecule has 1 N–H and O–H groups in total. The van der Waals surface area contributed by atoms with E-state index in [1.807, 2.05) is 25.1 Å². The second kappa shape index (κ2) is 9.01. The third-order valence-electron chi connectivity index (χ3n) is 2.89. The molecule has 0 aliphatic rings. The number of amides is 1. The molecule has 0 saturated heterocycles. The van der Waals surface area contributed by atoms with Crippen molar-refractivity contribution in [3.05, 3.63) is 23.8 Å². The van der Waals surface area contributed by atoms with E-state index in [-0.39, 0.29) is 5.91 Å². The fourth-order valence-corrected chi connectivity index (χ4v) is 2.32. The molecule has 0 aliphatic heterocycles. The van der Waals surface area contributed by atoms with E-state index in [0.717, 1.165) is 30.7 Å². The molecule has 0 spiro atoms. The standard InChI is InChI=1S/C16H24BrNO2/c1-4-6-7-16(19)18-14-9-8-13(10-12(3)17)11-15(14)20-5-2/h8-9,11-12H,4-7,10H2,1-3H3,(H,18,19). The third kappa shape index (κ3) is 5.95. The van der Waals surface area contributed by atoms with Crippen LogP contribution in [0.3, 0.4) is 0 Å². The summed E-state index contributed by atoms with van der Waals surface area (Å²) in [5.41, 5.74) is 1.96. The van der Waals surface area contributed by atoms with Crippen LogP contribution >= 0.6 is 15.9 Å². The molecule has 1 aromatic carbocycles. The Morgan fingerprint density at radius 2 is 2.15 bits per heavy atom. The van der Waals surface area contributed by atoms with Gasteiger partial charge in [0.15, 0.2) is 0 Å². The minimum atomic E-state index is 0.0504. The summed E-state index contributed by atoms with van der Waals surface area (Å²) in [6.45, 7) is 6.73. The van der Waals surface area contributed by atoms with Gasteiger partial charge in [-0.1, -0.05) is 42.3 Å². The molecule has 0 bridgehead atoms. The van der Waals surface area contributed by atoms with E-state index < -0.39 is 0 Å². The Labute approximate surface area is 130 Å². The van der Waals surface area contributed by atoms with E-state index >= 15 is 0 Å². The first-order valence-corrected chi connectivity index (χ1v) is 8.18. The molecule has 20 heavy (non-hydrogen) atoms. The number of alkyl halides is 1. The Bertz CT molecular complexity index is 432. The second-order valence-corrected chi connectivity index (χ2v) is 6.46. The van der Waals surface area contributed by atoms with Crippen molar-refractivity contribution in [1.29, 1.82) is 0 Å². The van der Waals surface area contributed by atoms with Crippen LogP contribution in [-0.4, -0.2) is 17.3 Å². The minimum absolute atomic E-state index is 0.0504. The van der Waals surface area contributed by atoms with Crippen LogP contribution in [0.25, 0.3) is 0 Å². The molecule has 4 heteroatoms. The van der Waals surface area contributed by atoms with Crippen LogP contribution in [0.1, 0.15) is 45.6 Å². The van der Waals surface area contributed by atoms with Gasteiger partial charge < -0.3 is 10.1 Å². The van der Waals surface area contributed by atoms with Crippen LogP contribution < -0.4 is 10.1 Å². The van der Waals surface area contributed by atoms with E-state index in [4.69, 9.17) is 4.74 Å². The lowest BCUT2D eigenvalue weighted by Crippen LogP contribution is -2.12. The summed E-state index contributed by atoms with van der Waals surface area (Å²) in [6, 6.07) is 5.98. The zero-order valence-electron chi connectivity index (χ0n) is 12.5. The highest BCUT2D eigenvalue weighted by Gasteiger charge is 2.09. The van der Waals surface area contributed by atoms with Gasteiger partial charge in [-0.05, 0) is 37.5 Å². The number of hydrogen-bond donors (Lipinski definition) is 1. The van der Waals surface area contributed by atoms with Gasteiger partial charge in [0, 0.05) is 11.2 Å². The Balaban J connectivity index is 2.80. The van der Waals surface area contributed by atoms with Gasteiger partial charge in [0.05, 0.1) is 12.3 Å². The maximum absolute atomic E-state index is 11.8. The molecule has 1 rings (SSSR count). The van der Waals surface area contributed by atoms with Gasteiger partial charge in [0.1, 0.15) is 5.75 Å². The average Bonchev–Trinajstić information content (AvgIpc) is 2.39. The number of hydrogen-bond acceptors (Lipinski definition) is 2. The Morgan fingerprint density at radius 3 is 2.75 bits per heavy atom. The molecule has 0 heterocycles. The first-order valence-electron chi connectivity index (χ1n) is 7.26. The smallest absolute Gasteiger partial charge is 0.224 e. The van der Waals surface area contributed by atoms with Gasteiger partial charge in [0.2, 0.25) is 5.91 Å². The topological polar surface area (TPSA) is 38.3 Å². The molecule has 112 valence electrons. The van der Waals surface area contributed by atoms with E-state index in [9.17, 15) is 4.79 Å². The maximum atomic E-state index is 11.8. The van der Waals surface area contributed by atoms with Gasteiger partial charge in [-0.3, -0.25) is 4.79 Å². The van der Waals surface area contributed by atoms with Gasteiger partial charge in [-0.2, -0.15) is 0 Å². The lowest BCUT2D eigenvalue weighted by molar-refractivity contribution is -0.116. The van der Waals surface area contributed by atoms with E-state index in [1.54, 1.807) is 0 Å². The van der Waals surface area contributed by atoms with Crippen molar-refractivity contribution in [2.45, 2.75) is 51.3 Å². The van der Waals surface area contributed by atoms with Crippen molar-refractivity contribution in [2.75, 3.05) is 11.9 Å². The number of carbonyl (C=O) groups is 1. The third-order valence-corrected chi connectivity index (χ3v) is 3.22. The summed E-state index contributed by atoms with van der Waals surface area (Å²) >= 11 is 3.55. The van der Waals surface area contributed by atoms with Crippen molar-refractivity contribution in [1.82, 2.24) is 0 Å². The maximum Gasteiger partial charge on any atom is 0.224 e. The molecule has 1 aromatic rings. The van der Waals surface area contributed by atoms with Gasteiger partial charge >= 0.3 is 0 Å². The number of anilines is 1. The molecule has 3 nitrogen and oxygen atoms in total. The molecule has 0 aromatic heterocycles. The van der Waals surface area contributed by atoms with E-state index in [0.29, 0.717) is 17.9 Å². The van der Waals surface area contributed by atoms with Crippen molar-refractivity contribution in [3.63, 3.8) is 0 Å². The highest BCUT2D eigenvalue weighted by atomic mass is 79.9. The number of unbranched alkanes of at least 4 members (excludes halogenated alkanes) is 1. The van der Waals surface area contributed by atoms with Crippen molar-refractivity contribution < 1.29 is 9.53 Å². The minimum Gasteiger partial charge on any atom is -0.492 e. The SMILES string of the molecule is CCCCC(=O)Nc1ccc(CC(C)Br)cc1OCC. The summed E-state index contributed by atoms with van der Waals surface area (Å²) < 4.78 is 5.63. The Hall–Kier alpha value is -1.03. The van der Waals surface area contributed by atoms with Crippen LogP contribution in [-0.2, 0) is 11.2 Å². The summed E-state index contributed by atoms with van der Waals surface area (Å²) in [6.07, 6.45) is 3.43. The predicted octanol–water partition coefficient (Wildman–Crippen LogP) is 4.54. The fraction of sp³-hybridized carbons (Fsp3) is 0.562. The first-order chi connectivity index (χ1) is 9.56. The van der Waals surface area contributed by atoms with Crippen molar-refractivity contribution in [2.24, 2.45) is 0 Å². The van der Waals surface area contributed by atoms with Crippen LogP contribution in [0.4, 0.5) is 5.69 Å². The second-order valence-electron chi connectivity index (χ2n) is 4.90. The molecule has 0 saturated carbocycles. The molecular formula is C16H24BrNO2. The summed E-state index contributed by atoms with van der Waals surface area (Å²) in [7, 11) is 0. The summed E-state index contributed by atoms with van der Waals surface area (Å²) in [5.74, 6) is 0.803. The monoisotopic (exact) mass is 341 g/mol. The summed E-state index contributed by atoms with van der Waals surface area (Å²) in [4.78, 5) is 12.2. The number of nitrogens with one attached hydrogen (secondary N) is 1. The molecule has 0 fully saturated rings. The van der Waals surface area contributed by atoms with E-state index in [2.05, 4.69) is 35.1 Å². The molecule has 0 radical (unpaired) electrons. The Kier molecular flexibility index (Phi) is 7.67. The van der Waals surface area contributed by atoms with Crippen LogP contribution in [0, 0.1) is 0 Å². The van der Waals surface area contributed by atoms with Crippen LogP contribution in [0.15, 0.2) is 18.2 Å². The highest BCUT2D eigenvalue weighted by molar-refractivity contribution is 9.09. The van der Waals surface area contributed by atoms with Crippen LogP contribution in [0.2, 0.25) is 0 Å². The largest absolute Gasteiger partial charge is 0.492 e. The highest BCUT2D eigenvalue weighted by Crippen LogP contribution is 2.27. The number of ether oxygens (including phenoxy) is 1. The molecular weight excluding hydrogens is 318 g/mol. The van der Waals surface area contributed by atoms with Crippen molar-refractivity contribution in [3.8, 4) is 5.75 Å². The number of carbonyl (C=O) groups excluding carboxylic acids is 1. The van der Waals surface area contributed by atoms with Crippen LogP contribution in [0.5, 0.6) is 5.75 Å². The van der Waals surface area contributed by atoms with Crippen molar-refractivity contribution >= 4 is 27.5 Å². The normalized spacial score (nSPS) is 12.0. The average molecular weight is 342 g/mol. The molecule has 1 amide bonds. The first kappa shape index (κ1) is 17.0. The number of rotatable bonds is 8. The van der Waals surface area contributed by atoms with Gasteiger partial charge in [-0.15, -0.1) is 0 Å². The lowest BCUT2D eigenvalue weighted by Gasteiger charge is -2.14. The lowest BCUT2D eigenvalue weighted by atomic mass is 10.1.